The molecule has 0 unspecified atom stereocenters. The molecule has 1 fully saturated rings. The third-order valence-electron chi connectivity index (χ3n) is 3.32. The Morgan fingerprint density at radius 3 is 2.52 bits per heavy atom. The molecule has 1 aliphatic heterocycles. The molecule has 1 aromatic rings. The highest BCUT2D eigenvalue weighted by molar-refractivity contribution is 7.91. The van der Waals surface area contributed by atoms with Crippen LogP contribution < -0.4 is 0 Å². The summed E-state index contributed by atoms with van der Waals surface area (Å²) in [5.74, 6) is -0.706. The average Bonchev–Trinajstić information content (AvgIpc) is 2.46. The Labute approximate surface area is 134 Å². The van der Waals surface area contributed by atoms with Crippen molar-refractivity contribution in [3.05, 3.63) is 18.2 Å². The highest BCUT2D eigenvalue weighted by atomic mass is 32.2. The number of halogens is 1. The van der Waals surface area contributed by atoms with Crippen molar-refractivity contribution in [1.29, 1.82) is 0 Å². The van der Waals surface area contributed by atoms with E-state index in [-0.39, 0.29) is 6.54 Å². The van der Waals surface area contributed by atoms with Crippen LogP contribution in [-0.2, 0) is 14.6 Å². The lowest BCUT2D eigenvalue weighted by molar-refractivity contribution is 0.0219. The number of sulfone groups is 1. The van der Waals surface area contributed by atoms with Gasteiger partial charge in [-0.15, -0.1) is 0 Å². The van der Waals surface area contributed by atoms with Gasteiger partial charge in [0.25, 0.3) is 0 Å². The van der Waals surface area contributed by atoms with Gasteiger partial charge < -0.3 is 9.64 Å². The highest BCUT2D eigenvalue weighted by Gasteiger charge is 2.36. The molecule has 9 heteroatoms. The SMILES string of the molecule is CC(C)(C)OC(=O)N1CCC[C@H](S(=O)(=O)c2ncc(F)cn2)C1. The molecule has 23 heavy (non-hydrogen) atoms. The summed E-state index contributed by atoms with van der Waals surface area (Å²) in [5, 5.41) is -1.25. The molecule has 0 aliphatic carbocycles. The van der Waals surface area contributed by atoms with Gasteiger partial charge >= 0.3 is 6.09 Å². The molecular weight excluding hydrogens is 325 g/mol. The summed E-state index contributed by atoms with van der Waals surface area (Å²) in [6.07, 6.45) is 2.01. The maximum atomic E-state index is 12.9. The van der Waals surface area contributed by atoms with Crippen LogP contribution in [0.3, 0.4) is 0 Å². The van der Waals surface area contributed by atoms with Crippen LogP contribution in [0.15, 0.2) is 17.6 Å². The summed E-state index contributed by atoms with van der Waals surface area (Å²) in [6.45, 7) is 5.68. The van der Waals surface area contributed by atoms with Gasteiger partial charge in [-0.05, 0) is 33.6 Å². The fourth-order valence-corrected chi connectivity index (χ4v) is 3.83. The largest absolute Gasteiger partial charge is 0.444 e. The molecule has 2 rings (SSSR count). The summed E-state index contributed by atoms with van der Waals surface area (Å²) in [7, 11) is -3.83. The van der Waals surface area contributed by atoms with Crippen LogP contribution in [0, 0.1) is 5.82 Å². The van der Waals surface area contributed by atoms with E-state index in [0.717, 1.165) is 12.4 Å². The maximum Gasteiger partial charge on any atom is 0.410 e. The van der Waals surface area contributed by atoms with Crippen molar-refractivity contribution in [2.45, 2.75) is 49.6 Å². The second-order valence-corrected chi connectivity index (χ2v) is 8.54. The van der Waals surface area contributed by atoms with Gasteiger partial charge in [0.05, 0.1) is 17.6 Å². The number of aromatic nitrogens is 2. The van der Waals surface area contributed by atoms with E-state index in [0.29, 0.717) is 19.4 Å². The van der Waals surface area contributed by atoms with Crippen LogP contribution in [-0.4, -0.2) is 53.3 Å². The predicted octanol–water partition coefficient (Wildman–Crippen LogP) is 1.79. The van der Waals surface area contributed by atoms with Crippen LogP contribution in [0.25, 0.3) is 0 Å². The molecule has 1 atom stereocenters. The normalized spacial score (nSPS) is 19.5. The fraction of sp³-hybridized carbons (Fsp3) is 0.643. The minimum absolute atomic E-state index is 0.0119. The third-order valence-corrected chi connectivity index (χ3v) is 5.30. The van der Waals surface area contributed by atoms with E-state index in [1.54, 1.807) is 20.8 Å². The van der Waals surface area contributed by atoms with Crippen molar-refractivity contribution in [3.63, 3.8) is 0 Å². The van der Waals surface area contributed by atoms with Gasteiger partial charge in [0, 0.05) is 13.1 Å². The van der Waals surface area contributed by atoms with E-state index in [1.165, 1.54) is 4.90 Å². The van der Waals surface area contributed by atoms with Gasteiger partial charge in [-0.3, -0.25) is 0 Å². The second kappa shape index (κ2) is 6.38. The monoisotopic (exact) mass is 345 g/mol. The first-order valence-corrected chi connectivity index (χ1v) is 8.83. The molecule has 0 N–H and O–H groups in total. The number of amides is 1. The summed E-state index contributed by atoms with van der Waals surface area (Å²) < 4.78 is 43.2. The molecule has 1 aromatic heterocycles. The van der Waals surface area contributed by atoms with Gasteiger partial charge in [0.2, 0.25) is 15.0 Å². The van der Waals surface area contributed by atoms with Crippen LogP contribution in [0.4, 0.5) is 9.18 Å². The van der Waals surface area contributed by atoms with Crippen molar-refractivity contribution in [2.24, 2.45) is 0 Å². The number of hydrogen-bond acceptors (Lipinski definition) is 6. The minimum atomic E-state index is -3.83. The Morgan fingerprint density at radius 1 is 1.35 bits per heavy atom. The zero-order chi connectivity index (χ0) is 17.3. The number of piperidine rings is 1. The van der Waals surface area contributed by atoms with Gasteiger partial charge in [0.1, 0.15) is 5.60 Å². The number of ether oxygens (including phenoxy) is 1. The molecule has 1 amide bonds. The van der Waals surface area contributed by atoms with Crippen molar-refractivity contribution in [3.8, 4) is 0 Å². The molecular formula is C14H20FN3O4S. The Balaban J connectivity index is 2.14. The van der Waals surface area contributed by atoms with Crippen LogP contribution in [0.1, 0.15) is 33.6 Å². The molecule has 0 spiro atoms. The lowest BCUT2D eigenvalue weighted by Gasteiger charge is -2.33. The summed E-state index contributed by atoms with van der Waals surface area (Å²) in [4.78, 5) is 20.6. The summed E-state index contributed by atoms with van der Waals surface area (Å²) >= 11 is 0. The topological polar surface area (TPSA) is 89.5 Å². The van der Waals surface area contributed by atoms with Crippen LogP contribution in [0.5, 0.6) is 0 Å². The molecule has 1 saturated heterocycles. The molecule has 0 bridgehead atoms. The van der Waals surface area contributed by atoms with Gasteiger partial charge in [0.15, 0.2) is 5.82 Å². The first-order valence-electron chi connectivity index (χ1n) is 7.29. The Kier molecular flexibility index (Phi) is 4.88. The number of hydrogen-bond donors (Lipinski definition) is 0. The van der Waals surface area contributed by atoms with E-state index < -0.39 is 37.8 Å². The zero-order valence-corrected chi connectivity index (χ0v) is 14.1. The van der Waals surface area contributed by atoms with E-state index >= 15 is 0 Å². The number of likely N-dealkylation sites (tertiary alicyclic amines) is 1. The van der Waals surface area contributed by atoms with Crippen LogP contribution in [0.2, 0.25) is 0 Å². The predicted molar refractivity (Wildman–Crippen MR) is 80.0 cm³/mol. The molecule has 128 valence electrons. The Bertz CT molecular complexity index is 670. The number of carbonyl (C=O) groups excluding carboxylic acids is 1. The highest BCUT2D eigenvalue weighted by Crippen LogP contribution is 2.23. The standard InChI is InChI=1S/C14H20FN3O4S/c1-14(2,3)22-13(19)18-6-4-5-11(9-18)23(20,21)12-16-7-10(15)8-17-12/h7-8,11H,4-6,9H2,1-3H3/t11-/m0/s1. The Hall–Kier alpha value is -1.77. The lowest BCUT2D eigenvalue weighted by atomic mass is 10.1. The lowest BCUT2D eigenvalue weighted by Crippen LogP contribution is -2.47. The van der Waals surface area contributed by atoms with E-state index in [4.69, 9.17) is 4.74 Å². The van der Waals surface area contributed by atoms with Crippen LogP contribution >= 0.6 is 0 Å². The number of rotatable bonds is 2. The molecule has 7 nitrogen and oxygen atoms in total. The average molecular weight is 345 g/mol. The van der Waals surface area contributed by atoms with Gasteiger partial charge in [-0.25, -0.2) is 27.6 Å². The van der Waals surface area contributed by atoms with Crippen molar-refractivity contribution < 1.29 is 22.3 Å². The molecule has 0 saturated carbocycles. The molecule has 0 radical (unpaired) electrons. The Morgan fingerprint density at radius 2 is 1.96 bits per heavy atom. The zero-order valence-electron chi connectivity index (χ0n) is 13.3. The van der Waals surface area contributed by atoms with Gasteiger partial charge in [-0.1, -0.05) is 0 Å². The van der Waals surface area contributed by atoms with E-state index in [1.807, 2.05) is 0 Å². The quantitative estimate of drug-likeness (QED) is 0.759. The van der Waals surface area contributed by atoms with Crippen molar-refractivity contribution >= 4 is 15.9 Å². The first kappa shape index (κ1) is 17.6. The third kappa shape index (κ3) is 4.37. The number of carbonyl (C=O) groups is 1. The summed E-state index contributed by atoms with van der Waals surface area (Å²) in [5.41, 5.74) is -0.650. The van der Waals surface area contributed by atoms with E-state index in [9.17, 15) is 17.6 Å². The molecule has 1 aliphatic rings. The molecule has 2 heterocycles. The molecule has 0 aromatic carbocycles. The van der Waals surface area contributed by atoms with Crippen molar-refractivity contribution in [2.75, 3.05) is 13.1 Å². The summed E-state index contributed by atoms with van der Waals surface area (Å²) in [6, 6.07) is 0. The van der Waals surface area contributed by atoms with Crippen molar-refractivity contribution in [1.82, 2.24) is 14.9 Å². The minimum Gasteiger partial charge on any atom is -0.444 e. The first-order chi connectivity index (χ1) is 10.6. The fourth-order valence-electron chi connectivity index (χ4n) is 2.28. The van der Waals surface area contributed by atoms with E-state index in [2.05, 4.69) is 9.97 Å². The second-order valence-electron chi connectivity index (χ2n) is 6.42. The smallest absolute Gasteiger partial charge is 0.410 e. The maximum absolute atomic E-state index is 12.9. The van der Waals surface area contributed by atoms with Gasteiger partial charge in [-0.2, -0.15) is 0 Å². The number of nitrogens with zero attached hydrogens (tertiary/aromatic N) is 3.